The highest BCUT2D eigenvalue weighted by atomic mass is 32.2. The van der Waals surface area contributed by atoms with Gasteiger partial charge in [-0.1, -0.05) is 6.92 Å². The lowest BCUT2D eigenvalue weighted by atomic mass is 10.4. The Morgan fingerprint density at radius 1 is 1.41 bits per heavy atom. The van der Waals surface area contributed by atoms with E-state index in [-0.39, 0.29) is 10.8 Å². The van der Waals surface area contributed by atoms with Gasteiger partial charge in [-0.2, -0.15) is 0 Å². The molecule has 1 amide bonds. The second-order valence-corrected chi connectivity index (χ2v) is 6.11. The molecule has 1 aromatic heterocycles. The molecule has 0 bridgehead atoms. The first kappa shape index (κ1) is 13.9. The van der Waals surface area contributed by atoms with Gasteiger partial charge in [-0.15, -0.1) is 11.3 Å². The molecule has 1 rings (SSSR count). The highest BCUT2D eigenvalue weighted by molar-refractivity contribution is 7.84. The zero-order valence-electron chi connectivity index (χ0n) is 9.26. The van der Waals surface area contributed by atoms with Gasteiger partial charge in [0.15, 0.2) is 0 Å². The predicted molar refractivity (Wildman–Crippen MR) is 67.2 cm³/mol. The van der Waals surface area contributed by atoms with Crippen LogP contribution in [0.4, 0.5) is 0 Å². The Morgan fingerprint density at radius 2 is 2.06 bits per heavy atom. The largest absolute Gasteiger partial charge is 0.477 e. The Labute approximate surface area is 105 Å². The van der Waals surface area contributed by atoms with Crippen LogP contribution in [0.25, 0.3) is 0 Å². The molecule has 0 radical (unpaired) electrons. The van der Waals surface area contributed by atoms with Crippen LogP contribution in [0.2, 0.25) is 0 Å². The van der Waals surface area contributed by atoms with E-state index >= 15 is 0 Å². The maximum Gasteiger partial charge on any atom is 0.345 e. The number of carbonyl (C=O) groups is 2. The molecule has 1 heterocycles. The molecule has 0 aromatic carbocycles. The minimum Gasteiger partial charge on any atom is -0.477 e. The fraction of sp³-hybridized carbons (Fsp3) is 0.400. The number of carboxylic acid groups (broad SMARTS) is 1. The van der Waals surface area contributed by atoms with Crippen LogP contribution in [0.5, 0.6) is 0 Å². The smallest absolute Gasteiger partial charge is 0.345 e. The second kappa shape index (κ2) is 6.51. The predicted octanol–water partition coefficient (Wildman–Crippen LogP) is 0.945. The Kier molecular flexibility index (Phi) is 5.30. The van der Waals surface area contributed by atoms with E-state index in [2.05, 4.69) is 5.32 Å². The van der Waals surface area contributed by atoms with Gasteiger partial charge in [-0.25, -0.2) is 4.79 Å². The molecule has 0 fully saturated rings. The van der Waals surface area contributed by atoms with E-state index in [4.69, 9.17) is 5.11 Å². The molecule has 94 valence electrons. The van der Waals surface area contributed by atoms with Crippen molar-refractivity contribution in [1.29, 1.82) is 0 Å². The van der Waals surface area contributed by atoms with E-state index < -0.39 is 16.8 Å². The zero-order chi connectivity index (χ0) is 12.8. The highest BCUT2D eigenvalue weighted by Crippen LogP contribution is 2.15. The summed E-state index contributed by atoms with van der Waals surface area (Å²) in [6.45, 7) is 2.15. The number of hydrogen-bond donors (Lipinski definition) is 2. The summed E-state index contributed by atoms with van der Waals surface area (Å²) < 4.78 is 11.1. The monoisotopic (exact) mass is 275 g/mol. The summed E-state index contributed by atoms with van der Waals surface area (Å²) in [5, 5.41) is 11.3. The summed E-state index contributed by atoms with van der Waals surface area (Å²) in [6.07, 6.45) is 0. The van der Waals surface area contributed by atoms with Crippen LogP contribution in [0, 0.1) is 0 Å². The number of rotatable bonds is 6. The van der Waals surface area contributed by atoms with E-state index in [0.29, 0.717) is 22.9 Å². The summed E-state index contributed by atoms with van der Waals surface area (Å²) in [4.78, 5) is 22.7. The average Bonchev–Trinajstić information content (AvgIpc) is 2.78. The number of nitrogens with one attached hydrogen (secondary N) is 1. The molecule has 0 spiro atoms. The third-order valence-electron chi connectivity index (χ3n) is 1.98. The topological polar surface area (TPSA) is 83.5 Å². The molecule has 0 aliphatic carbocycles. The molecular formula is C10H13NO4S2. The standard InChI is InChI=1S/C10H13NO4S2/c1-2-17(15)6-5-11-9(12)7-3-4-8(16-7)10(13)14/h3-4H,2,5-6H2,1H3,(H,11,12)(H,13,14). The van der Waals surface area contributed by atoms with E-state index in [0.717, 1.165) is 11.3 Å². The fourth-order valence-electron chi connectivity index (χ4n) is 1.08. The highest BCUT2D eigenvalue weighted by Gasteiger charge is 2.12. The van der Waals surface area contributed by atoms with Gasteiger partial charge < -0.3 is 10.4 Å². The van der Waals surface area contributed by atoms with Crippen LogP contribution in [-0.2, 0) is 10.8 Å². The van der Waals surface area contributed by atoms with Crippen molar-refractivity contribution >= 4 is 34.0 Å². The fourth-order valence-corrected chi connectivity index (χ4v) is 2.46. The first-order valence-electron chi connectivity index (χ1n) is 5.01. The Hall–Kier alpha value is -1.21. The van der Waals surface area contributed by atoms with E-state index in [1.165, 1.54) is 12.1 Å². The number of hydrogen-bond acceptors (Lipinski definition) is 4. The van der Waals surface area contributed by atoms with Crippen molar-refractivity contribution < 1.29 is 18.9 Å². The zero-order valence-corrected chi connectivity index (χ0v) is 10.9. The van der Waals surface area contributed by atoms with Crippen molar-refractivity contribution in [3.05, 3.63) is 21.9 Å². The second-order valence-electron chi connectivity index (χ2n) is 3.16. The summed E-state index contributed by atoms with van der Waals surface area (Å²) in [5.74, 6) is -0.381. The van der Waals surface area contributed by atoms with Crippen LogP contribution in [0.3, 0.4) is 0 Å². The van der Waals surface area contributed by atoms with E-state index in [1.54, 1.807) is 0 Å². The molecule has 0 aliphatic rings. The first-order valence-corrected chi connectivity index (χ1v) is 7.31. The van der Waals surface area contributed by atoms with Crippen molar-refractivity contribution in [2.45, 2.75) is 6.92 Å². The maximum atomic E-state index is 11.6. The van der Waals surface area contributed by atoms with Crippen molar-refractivity contribution in [3.63, 3.8) is 0 Å². The van der Waals surface area contributed by atoms with Gasteiger partial charge in [0.1, 0.15) is 4.88 Å². The van der Waals surface area contributed by atoms with Crippen molar-refractivity contribution in [1.82, 2.24) is 5.32 Å². The lowest BCUT2D eigenvalue weighted by Gasteiger charge is -2.02. The van der Waals surface area contributed by atoms with Gasteiger partial charge in [0.25, 0.3) is 5.91 Å². The molecule has 1 atom stereocenters. The normalized spacial score (nSPS) is 12.1. The molecule has 7 heteroatoms. The van der Waals surface area contributed by atoms with E-state index in [9.17, 15) is 13.8 Å². The first-order chi connectivity index (χ1) is 8.04. The summed E-state index contributed by atoms with van der Waals surface area (Å²) >= 11 is 0.926. The van der Waals surface area contributed by atoms with Gasteiger partial charge >= 0.3 is 5.97 Å². The molecule has 0 saturated carbocycles. The Bertz CT molecular complexity index is 441. The van der Waals surface area contributed by atoms with Crippen LogP contribution in [0.1, 0.15) is 26.3 Å². The molecule has 17 heavy (non-hydrogen) atoms. The maximum absolute atomic E-state index is 11.6. The van der Waals surface area contributed by atoms with Crippen LogP contribution >= 0.6 is 11.3 Å². The Morgan fingerprint density at radius 3 is 2.59 bits per heavy atom. The van der Waals surface area contributed by atoms with Crippen LogP contribution < -0.4 is 5.32 Å². The number of carboxylic acids is 1. The molecule has 5 nitrogen and oxygen atoms in total. The molecule has 1 unspecified atom stereocenters. The number of amides is 1. The van der Waals surface area contributed by atoms with Gasteiger partial charge in [-0.05, 0) is 12.1 Å². The summed E-state index contributed by atoms with van der Waals surface area (Å²) in [7, 11) is -0.907. The number of aromatic carboxylic acids is 1. The van der Waals surface area contributed by atoms with Gasteiger partial charge in [0.2, 0.25) is 0 Å². The van der Waals surface area contributed by atoms with E-state index in [1.807, 2.05) is 6.92 Å². The average molecular weight is 275 g/mol. The minimum absolute atomic E-state index is 0.132. The summed E-state index contributed by atoms with van der Waals surface area (Å²) in [6, 6.07) is 2.87. The molecule has 1 aromatic rings. The third kappa shape index (κ3) is 4.27. The van der Waals surface area contributed by atoms with Crippen LogP contribution in [0.15, 0.2) is 12.1 Å². The quantitative estimate of drug-likeness (QED) is 0.809. The Balaban J connectivity index is 2.47. The molecule has 2 N–H and O–H groups in total. The SMILES string of the molecule is CCS(=O)CCNC(=O)c1ccc(C(=O)O)s1. The molecule has 0 aliphatic heterocycles. The summed E-state index contributed by atoms with van der Waals surface area (Å²) in [5.41, 5.74) is 0. The van der Waals surface area contributed by atoms with Crippen molar-refractivity contribution in [3.8, 4) is 0 Å². The molecular weight excluding hydrogens is 262 g/mol. The number of carbonyl (C=O) groups excluding carboxylic acids is 1. The van der Waals surface area contributed by atoms with Crippen molar-refractivity contribution in [2.24, 2.45) is 0 Å². The minimum atomic E-state index is -1.04. The van der Waals surface area contributed by atoms with Gasteiger partial charge in [-0.3, -0.25) is 9.00 Å². The van der Waals surface area contributed by atoms with Crippen molar-refractivity contribution in [2.75, 3.05) is 18.1 Å². The molecule has 0 saturated heterocycles. The third-order valence-corrected chi connectivity index (χ3v) is 4.35. The lowest BCUT2D eigenvalue weighted by molar-refractivity contribution is 0.0702. The van der Waals surface area contributed by atoms with Gasteiger partial charge in [0, 0.05) is 28.9 Å². The lowest BCUT2D eigenvalue weighted by Crippen LogP contribution is -2.27. The number of thiophene rings is 1. The van der Waals surface area contributed by atoms with Crippen LogP contribution in [-0.4, -0.2) is 39.2 Å². The van der Waals surface area contributed by atoms with Gasteiger partial charge in [0.05, 0.1) is 4.88 Å².